The van der Waals surface area contributed by atoms with Crippen LogP contribution in [0.25, 0.3) is 11.3 Å². The molecule has 5 heteroatoms. The summed E-state index contributed by atoms with van der Waals surface area (Å²) in [5.74, 6) is 0.579. The van der Waals surface area contributed by atoms with Gasteiger partial charge in [-0.1, -0.05) is 30.3 Å². The van der Waals surface area contributed by atoms with E-state index in [0.29, 0.717) is 5.92 Å². The number of nitrogens with zero attached hydrogens (tertiary/aromatic N) is 3. The van der Waals surface area contributed by atoms with Crippen LogP contribution in [-0.4, -0.2) is 33.2 Å². The smallest absolute Gasteiger partial charge is 0.0968 e. The molecule has 3 heterocycles. The molecule has 3 aromatic rings. The summed E-state index contributed by atoms with van der Waals surface area (Å²) in [6.45, 7) is 3.19. The number of likely N-dealkylation sites (tertiary alicyclic amines) is 1. The lowest BCUT2D eigenvalue weighted by Gasteiger charge is -2.31. The third-order valence-electron chi connectivity index (χ3n) is 4.48. The van der Waals surface area contributed by atoms with Crippen molar-refractivity contribution < 1.29 is 0 Å². The highest BCUT2D eigenvalue weighted by atomic mass is 32.1. The fourth-order valence-electron chi connectivity index (χ4n) is 3.36. The first-order valence-corrected chi connectivity index (χ1v) is 8.97. The first-order valence-electron chi connectivity index (χ1n) is 8.09. The maximum absolute atomic E-state index is 4.51. The summed E-state index contributed by atoms with van der Waals surface area (Å²) < 4.78 is 0. The van der Waals surface area contributed by atoms with Gasteiger partial charge >= 0.3 is 0 Å². The third-order valence-corrected chi connectivity index (χ3v) is 5.42. The Morgan fingerprint density at radius 2 is 2.17 bits per heavy atom. The summed E-state index contributed by atoms with van der Waals surface area (Å²) in [4.78, 5) is 7.04. The molecule has 0 bridgehead atoms. The van der Waals surface area contributed by atoms with Gasteiger partial charge in [-0.2, -0.15) is 5.10 Å². The van der Waals surface area contributed by atoms with Crippen LogP contribution in [0.15, 0.2) is 48.1 Å². The van der Waals surface area contributed by atoms with Crippen LogP contribution in [0.4, 0.5) is 0 Å². The fraction of sp³-hybridized carbons (Fsp3) is 0.333. The number of rotatable bonds is 4. The van der Waals surface area contributed by atoms with Crippen molar-refractivity contribution in [1.82, 2.24) is 20.1 Å². The normalized spacial score (nSPS) is 19.0. The maximum atomic E-state index is 4.51. The van der Waals surface area contributed by atoms with Crippen LogP contribution in [0.3, 0.4) is 0 Å². The van der Waals surface area contributed by atoms with Crippen molar-refractivity contribution in [3.63, 3.8) is 0 Å². The molecule has 2 aromatic heterocycles. The Morgan fingerprint density at radius 3 is 3.00 bits per heavy atom. The summed E-state index contributed by atoms with van der Waals surface area (Å²) in [6, 6.07) is 10.4. The molecule has 118 valence electrons. The maximum Gasteiger partial charge on any atom is 0.0968 e. The molecule has 0 saturated carbocycles. The zero-order valence-electron chi connectivity index (χ0n) is 13.0. The molecule has 0 amide bonds. The predicted octanol–water partition coefficient (Wildman–Crippen LogP) is 3.91. The highest BCUT2D eigenvalue weighted by Crippen LogP contribution is 2.30. The minimum absolute atomic E-state index is 0.579. The van der Waals surface area contributed by atoms with Crippen LogP contribution in [-0.2, 0) is 6.54 Å². The van der Waals surface area contributed by atoms with Gasteiger partial charge in [0.2, 0.25) is 0 Å². The first kappa shape index (κ1) is 14.6. The van der Waals surface area contributed by atoms with Gasteiger partial charge in [0.1, 0.15) is 0 Å². The fourth-order valence-corrected chi connectivity index (χ4v) is 4.13. The molecule has 1 saturated heterocycles. The average molecular weight is 324 g/mol. The molecule has 0 aliphatic carbocycles. The van der Waals surface area contributed by atoms with E-state index in [4.69, 9.17) is 0 Å². The van der Waals surface area contributed by atoms with Crippen LogP contribution < -0.4 is 0 Å². The predicted molar refractivity (Wildman–Crippen MR) is 93.4 cm³/mol. The number of aromatic amines is 1. The van der Waals surface area contributed by atoms with Crippen LogP contribution in [0.2, 0.25) is 0 Å². The van der Waals surface area contributed by atoms with E-state index >= 15 is 0 Å². The van der Waals surface area contributed by atoms with Gasteiger partial charge in [-0.05, 0) is 24.9 Å². The number of hydrogen-bond donors (Lipinski definition) is 1. The average Bonchev–Trinajstić information content (AvgIpc) is 3.28. The van der Waals surface area contributed by atoms with Crippen LogP contribution in [0, 0.1) is 0 Å². The summed E-state index contributed by atoms with van der Waals surface area (Å²) in [5.41, 5.74) is 3.62. The van der Waals surface area contributed by atoms with E-state index < -0.39 is 0 Å². The van der Waals surface area contributed by atoms with Crippen molar-refractivity contribution in [1.29, 1.82) is 0 Å². The van der Waals surface area contributed by atoms with E-state index in [1.165, 1.54) is 29.0 Å². The molecule has 1 fully saturated rings. The van der Waals surface area contributed by atoms with Crippen molar-refractivity contribution in [3.8, 4) is 11.3 Å². The highest BCUT2D eigenvalue weighted by Gasteiger charge is 2.24. The molecule has 1 aliphatic heterocycles. The number of H-pyrrole nitrogens is 1. The topological polar surface area (TPSA) is 44.8 Å². The molecule has 4 rings (SSSR count). The largest absolute Gasteiger partial charge is 0.298 e. The Kier molecular flexibility index (Phi) is 4.22. The summed E-state index contributed by atoms with van der Waals surface area (Å²) >= 11 is 1.78. The monoisotopic (exact) mass is 324 g/mol. The second kappa shape index (κ2) is 6.64. The van der Waals surface area contributed by atoms with Gasteiger partial charge in [-0.3, -0.25) is 10.00 Å². The Balaban J connectivity index is 1.49. The Labute approximate surface area is 140 Å². The summed E-state index contributed by atoms with van der Waals surface area (Å²) in [6.07, 6.45) is 6.38. The lowest BCUT2D eigenvalue weighted by Crippen LogP contribution is -2.33. The lowest BCUT2D eigenvalue weighted by molar-refractivity contribution is 0.200. The minimum atomic E-state index is 0.579. The number of thiazole rings is 1. The second-order valence-electron chi connectivity index (χ2n) is 6.08. The third kappa shape index (κ3) is 3.21. The highest BCUT2D eigenvalue weighted by molar-refractivity contribution is 7.09. The van der Waals surface area contributed by atoms with Gasteiger partial charge in [0.05, 0.1) is 16.9 Å². The van der Waals surface area contributed by atoms with Crippen molar-refractivity contribution in [2.24, 2.45) is 0 Å². The number of nitrogens with one attached hydrogen (secondary N) is 1. The van der Waals surface area contributed by atoms with Gasteiger partial charge in [0.25, 0.3) is 0 Å². The van der Waals surface area contributed by atoms with Gasteiger partial charge in [-0.25, -0.2) is 4.98 Å². The minimum Gasteiger partial charge on any atom is -0.298 e. The molecule has 4 nitrogen and oxygen atoms in total. The SMILES string of the molecule is c1ccc(-c2[nH]ncc2CN2CCC[C@H](c3nccs3)C2)cc1. The number of aromatic nitrogens is 3. The molecule has 1 aliphatic rings. The molecule has 1 aromatic carbocycles. The van der Waals surface area contributed by atoms with E-state index in [1.54, 1.807) is 11.3 Å². The first-order chi connectivity index (χ1) is 11.4. The molecule has 0 spiro atoms. The number of benzene rings is 1. The Morgan fingerprint density at radius 1 is 1.26 bits per heavy atom. The van der Waals surface area contributed by atoms with Crippen LogP contribution in [0.1, 0.15) is 29.3 Å². The summed E-state index contributed by atoms with van der Waals surface area (Å²) in [5, 5.41) is 10.8. The number of hydrogen-bond acceptors (Lipinski definition) is 4. The van der Waals surface area contributed by atoms with Crippen LogP contribution >= 0.6 is 11.3 Å². The molecule has 0 radical (unpaired) electrons. The molecule has 23 heavy (non-hydrogen) atoms. The summed E-state index contributed by atoms with van der Waals surface area (Å²) in [7, 11) is 0. The quantitative estimate of drug-likeness (QED) is 0.791. The van der Waals surface area contributed by atoms with E-state index in [9.17, 15) is 0 Å². The second-order valence-corrected chi connectivity index (χ2v) is 7.01. The van der Waals surface area contributed by atoms with Crippen molar-refractivity contribution in [2.45, 2.75) is 25.3 Å². The van der Waals surface area contributed by atoms with Crippen molar-refractivity contribution in [3.05, 3.63) is 58.7 Å². The molecule has 1 N–H and O–H groups in total. The zero-order chi connectivity index (χ0) is 15.5. The van der Waals surface area contributed by atoms with Gasteiger partial charge in [0.15, 0.2) is 0 Å². The molecular formula is C18H20N4S. The van der Waals surface area contributed by atoms with E-state index in [1.807, 2.05) is 18.5 Å². The molecule has 1 atom stereocenters. The van der Waals surface area contributed by atoms with E-state index in [0.717, 1.165) is 25.3 Å². The standard InChI is InChI=1S/C18H20N4S/c1-2-5-14(6-3-1)17-16(11-20-21-17)13-22-9-4-7-15(12-22)18-19-8-10-23-18/h1-3,5-6,8,10-11,15H,4,7,9,12-13H2,(H,20,21)/t15-/m0/s1. The molecular weight excluding hydrogens is 304 g/mol. The van der Waals surface area contributed by atoms with Gasteiger partial charge in [0, 0.05) is 36.1 Å². The van der Waals surface area contributed by atoms with Gasteiger partial charge < -0.3 is 0 Å². The zero-order valence-corrected chi connectivity index (χ0v) is 13.8. The Bertz CT molecular complexity index is 735. The Hall–Kier alpha value is -1.98. The lowest BCUT2D eigenvalue weighted by atomic mass is 9.98. The van der Waals surface area contributed by atoms with Crippen molar-refractivity contribution >= 4 is 11.3 Å². The van der Waals surface area contributed by atoms with Gasteiger partial charge in [-0.15, -0.1) is 11.3 Å². The van der Waals surface area contributed by atoms with Crippen LogP contribution in [0.5, 0.6) is 0 Å². The number of piperidine rings is 1. The van der Waals surface area contributed by atoms with E-state index in [2.05, 4.69) is 49.7 Å². The molecule has 0 unspecified atom stereocenters. The van der Waals surface area contributed by atoms with Crippen molar-refractivity contribution in [2.75, 3.05) is 13.1 Å². The van der Waals surface area contributed by atoms with E-state index in [-0.39, 0.29) is 0 Å².